The van der Waals surface area contributed by atoms with Gasteiger partial charge in [0.15, 0.2) is 0 Å². The van der Waals surface area contributed by atoms with E-state index in [0.29, 0.717) is 0 Å². The molecule has 0 amide bonds. The van der Waals surface area contributed by atoms with Crippen LogP contribution in [0.15, 0.2) is 0 Å². The molecule has 0 spiro atoms. The van der Waals surface area contributed by atoms with E-state index < -0.39 is 10.4 Å². The third kappa shape index (κ3) is 740. The second kappa shape index (κ2) is 29.5. The van der Waals surface area contributed by atoms with Crippen molar-refractivity contribution in [2.75, 3.05) is 0 Å². The van der Waals surface area contributed by atoms with E-state index in [1.54, 1.807) is 0 Å². The Hall–Kier alpha value is 1.27. The average molecular weight is 246 g/mol. The fourth-order valence-corrected chi connectivity index (χ4v) is 0. The number of hydrogen-bond acceptors (Lipinski definition) is 2. The zero-order valence-electron chi connectivity index (χ0n) is 5.12. The van der Waals surface area contributed by atoms with Gasteiger partial charge in [-0.2, -0.15) is 8.42 Å². The van der Waals surface area contributed by atoms with Gasteiger partial charge in [0, 0.05) is 0 Å². The van der Waals surface area contributed by atoms with Gasteiger partial charge in [-0.05, 0) is 0 Å². The molecule has 12 heavy (non-hydrogen) atoms. The van der Waals surface area contributed by atoms with Crippen LogP contribution in [0.3, 0.4) is 0 Å². The van der Waals surface area contributed by atoms with Crippen LogP contribution in [0.2, 0.25) is 0 Å². The Labute approximate surface area is 111 Å². The van der Waals surface area contributed by atoms with E-state index in [9.17, 15) is 0 Å². The minimum absolute atomic E-state index is 0. The summed E-state index contributed by atoms with van der Waals surface area (Å²) in [6, 6.07) is 0. The Morgan fingerprint density at radius 3 is 0.667 bits per heavy atom. The predicted molar refractivity (Wildman–Crippen MR) is 43.0 cm³/mol. The molecule has 0 aromatic heterocycles. The zero-order chi connectivity index (χ0) is 4.50. The Bertz CT molecular complexity index is 93.0. The van der Waals surface area contributed by atoms with Crippen molar-refractivity contribution in [2.45, 2.75) is 0 Å². The van der Waals surface area contributed by atoms with Crippen molar-refractivity contribution in [3.63, 3.8) is 0 Å². The molecule has 0 fully saturated rings. The van der Waals surface area contributed by atoms with E-state index in [-0.39, 0.29) is 84.2 Å². The van der Waals surface area contributed by atoms with Crippen LogP contribution in [0.25, 0.3) is 0 Å². The first kappa shape index (κ1) is 72.0. The van der Waals surface area contributed by atoms with Gasteiger partial charge in [-0.1, -0.05) is 0 Å². The average Bonchev–Trinajstić information content (AvgIpc) is 0.722. The Morgan fingerprint density at radius 2 is 0.667 bits per heavy atom. The van der Waals surface area contributed by atoms with Crippen LogP contribution < -0.4 is 0 Å². The van der Waals surface area contributed by atoms with Crippen LogP contribution in [0.5, 0.6) is 0 Å². The van der Waals surface area contributed by atoms with Crippen molar-refractivity contribution in [3.8, 4) is 0 Å². The molecule has 0 radical (unpaired) electrons. The SMILES string of the molecule is O.O.O.O.O.O.O=S(=O)(O)O.[KH]. The zero-order valence-corrected chi connectivity index (χ0v) is 5.94. The first-order valence-corrected chi connectivity index (χ1v) is 2.10. The van der Waals surface area contributed by atoms with Gasteiger partial charge < -0.3 is 32.9 Å². The molecule has 0 atom stereocenters. The molecule has 82 valence electrons. The van der Waals surface area contributed by atoms with E-state index in [2.05, 4.69) is 0 Å². The van der Waals surface area contributed by atoms with E-state index in [0.717, 1.165) is 0 Å². The van der Waals surface area contributed by atoms with E-state index in [4.69, 9.17) is 17.5 Å². The third-order valence-corrected chi connectivity index (χ3v) is 0. The third-order valence-electron chi connectivity index (χ3n) is 0. The Morgan fingerprint density at radius 1 is 0.667 bits per heavy atom. The van der Waals surface area contributed by atoms with Crippen molar-refractivity contribution in [1.82, 2.24) is 0 Å². The van der Waals surface area contributed by atoms with Crippen LogP contribution in [0.4, 0.5) is 0 Å². The molecular formula is H15KO10S. The summed E-state index contributed by atoms with van der Waals surface area (Å²) in [5.41, 5.74) is 0. The minimum atomic E-state index is -4.67. The topological polar surface area (TPSA) is 264 Å². The summed E-state index contributed by atoms with van der Waals surface area (Å²) in [5.74, 6) is 0. The van der Waals surface area contributed by atoms with Crippen LogP contribution in [-0.4, -0.2) is 102 Å². The summed E-state index contributed by atoms with van der Waals surface area (Å²) >= 11 is 0. The molecule has 10 nitrogen and oxygen atoms in total. The van der Waals surface area contributed by atoms with Crippen molar-refractivity contribution in [3.05, 3.63) is 0 Å². The van der Waals surface area contributed by atoms with Crippen LogP contribution >= 0.6 is 0 Å². The number of hydrogen-bond donors (Lipinski definition) is 2. The van der Waals surface area contributed by atoms with E-state index in [1.165, 1.54) is 0 Å². The van der Waals surface area contributed by atoms with Gasteiger partial charge in [-0.3, -0.25) is 9.11 Å². The molecule has 0 rings (SSSR count). The molecule has 0 aliphatic heterocycles. The van der Waals surface area contributed by atoms with Crippen LogP contribution in [0.1, 0.15) is 0 Å². The van der Waals surface area contributed by atoms with Crippen LogP contribution in [-0.2, 0) is 10.4 Å². The van der Waals surface area contributed by atoms with Gasteiger partial charge in [0.25, 0.3) is 0 Å². The maximum absolute atomic E-state index is 8.74. The molecule has 12 heteroatoms. The molecule has 0 aromatic carbocycles. The standard InChI is InChI=1S/K.H2O4S.6H2O.H/c;1-5(2,3)4;;;;;;;/h;(H2,1,2,3,4);6*1H2;. The molecule has 14 N–H and O–H groups in total. The molecule has 0 saturated carbocycles. The van der Waals surface area contributed by atoms with E-state index >= 15 is 0 Å². The molecule has 0 aromatic rings. The monoisotopic (exact) mass is 246 g/mol. The molecule has 0 unspecified atom stereocenters. The van der Waals surface area contributed by atoms with Gasteiger partial charge in [0.2, 0.25) is 0 Å². The van der Waals surface area contributed by atoms with Crippen molar-refractivity contribution >= 4 is 61.8 Å². The summed E-state index contributed by atoms with van der Waals surface area (Å²) in [6.45, 7) is 0. The van der Waals surface area contributed by atoms with Gasteiger partial charge in [0.05, 0.1) is 0 Å². The van der Waals surface area contributed by atoms with Gasteiger partial charge in [-0.15, -0.1) is 0 Å². The summed E-state index contributed by atoms with van der Waals surface area (Å²) in [7, 11) is -4.67. The Balaban J connectivity index is -0.00000000381. The predicted octanol–water partition coefficient (Wildman–Crippen LogP) is -6.25. The second-order valence-electron chi connectivity index (χ2n) is 0.448. The second-order valence-corrected chi connectivity index (χ2v) is 1.34. The summed E-state index contributed by atoms with van der Waals surface area (Å²) in [6.07, 6.45) is 0. The van der Waals surface area contributed by atoms with Gasteiger partial charge >= 0.3 is 61.8 Å². The van der Waals surface area contributed by atoms with E-state index in [1.807, 2.05) is 0 Å². The summed E-state index contributed by atoms with van der Waals surface area (Å²) in [5, 5.41) is 0. The fraction of sp³-hybridized carbons (Fsp3) is 0. The number of rotatable bonds is 0. The molecule has 0 saturated heterocycles. The Kier molecular flexibility index (Phi) is 177. The van der Waals surface area contributed by atoms with Crippen molar-refractivity contribution < 1.29 is 50.4 Å². The summed E-state index contributed by atoms with van der Waals surface area (Å²) in [4.78, 5) is 0. The first-order chi connectivity index (χ1) is 2.00. The molecule has 0 aliphatic carbocycles. The molecule has 0 aliphatic rings. The quantitative estimate of drug-likeness (QED) is 0.311. The molecular weight excluding hydrogens is 231 g/mol. The van der Waals surface area contributed by atoms with Crippen molar-refractivity contribution in [2.24, 2.45) is 0 Å². The fourth-order valence-electron chi connectivity index (χ4n) is 0. The first-order valence-electron chi connectivity index (χ1n) is 0.698. The van der Waals surface area contributed by atoms with Gasteiger partial charge in [-0.25, -0.2) is 0 Å². The van der Waals surface area contributed by atoms with Crippen molar-refractivity contribution in [1.29, 1.82) is 0 Å². The molecule has 0 bridgehead atoms. The van der Waals surface area contributed by atoms with Crippen LogP contribution in [0, 0.1) is 0 Å². The maximum atomic E-state index is 8.74. The van der Waals surface area contributed by atoms with Gasteiger partial charge in [0.1, 0.15) is 0 Å². The normalized spacial score (nSPS) is 4.83. The molecule has 0 heterocycles. The summed E-state index contributed by atoms with van der Waals surface area (Å²) < 4.78 is 31.6.